The summed E-state index contributed by atoms with van der Waals surface area (Å²) in [6.07, 6.45) is 0.665. The van der Waals surface area contributed by atoms with Crippen molar-refractivity contribution in [3.63, 3.8) is 0 Å². The summed E-state index contributed by atoms with van der Waals surface area (Å²) in [5, 5.41) is 10.1. The molecule has 2 aromatic rings. The second kappa shape index (κ2) is 13.6. The molecular formula is C27H32F3N3O4. The standard InChI is InChI=1S/C25H31N3O2.C2HF3O2/c1-18(2)24(26)25(30)27-21(13-12-19-8-4-3-5-9-19)14-15-23(29)28-17-16-20-10-6-7-11-22(20)28;3-2(4,5)1(6)7/h3-11,14-15,18,21,24H,12-13,16-17,26H2,1-2H3,(H,27,30);(H,6,7)/b15-14+;/t21-,24-;/m0./s1. The summed E-state index contributed by atoms with van der Waals surface area (Å²) < 4.78 is 31.7. The predicted molar refractivity (Wildman–Crippen MR) is 135 cm³/mol. The van der Waals surface area contributed by atoms with E-state index in [1.165, 1.54) is 11.1 Å². The first-order chi connectivity index (χ1) is 17.4. The number of hydrogen-bond acceptors (Lipinski definition) is 4. The van der Waals surface area contributed by atoms with Crippen LogP contribution in [0.1, 0.15) is 31.4 Å². The SMILES string of the molecule is CC(C)[C@H](N)C(=O)N[C@H](/C=C/C(=O)N1CCc2ccccc21)CCc1ccccc1.O=C(O)C(F)(F)F. The van der Waals surface area contributed by atoms with Gasteiger partial charge in [0.05, 0.1) is 6.04 Å². The Kier molecular flexibility index (Phi) is 10.9. The maximum absolute atomic E-state index is 12.8. The van der Waals surface area contributed by atoms with Gasteiger partial charge >= 0.3 is 12.1 Å². The Balaban J connectivity index is 0.000000604. The topological polar surface area (TPSA) is 113 Å². The molecule has 1 aliphatic heterocycles. The molecule has 10 heteroatoms. The zero-order chi connectivity index (χ0) is 27.6. The van der Waals surface area contributed by atoms with Gasteiger partial charge in [0.25, 0.3) is 5.91 Å². The number of carbonyl (C=O) groups is 3. The minimum Gasteiger partial charge on any atom is -0.475 e. The smallest absolute Gasteiger partial charge is 0.475 e. The average Bonchev–Trinajstić information content (AvgIpc) is 3.29. The maximum atomic E-state index is 12.8. The summed E-state index contributed by atoms with van der Waals surface area (Å²) >= 11 is 0. The molecular weight excluding hydrogens is 487 g/mol. The van der Waals surface area contributed by atoms with Crippen LogP contribution in [0.3, 0.4) is 0 Å². The van der Waals surface area contributed by atoms with Crippen LogP contribution in [0.25, 0.3) is 0 Å². The maximum Gasteiger partial charge on any atom is 0.490 e. The summed E-state index contributed by atoms with van der Waals surface area (Å²) in [5.41, 5.74) is 9.37. The number of nitrogens with two attached hydrogens (primary N) is 1. The fourth-order valence-electron chi connectivity index (χ4n) is 3.62. The lowest BCUT2D eigenvalue weighted by Crippen LogP contribution is -2.47. The van der Waals surface area contributed by atoms with Gasteiger partial charge in [0.15, 0.2) is 0 Å². The number of carboxylic acids is 1. The average molecular weight is 520 g/mol. The van der Waals surface area contributed by atoms with Crippen molar-refractivity contribution in [2.45, 2.75) is 51.4 Å². The van der Waals surface area contributed by atoms with Crippen LogP contribution in [-0.4, -0.2) is 47.7 Å². The first-order valence-corrected chi connectivity index (χ1v) is 11.9. The molecule has 0 saturated carbocycles. The Morgan fingerprint density at radius 2 is 1.68 bits per heavy atom. The number of benzene rings is 2. The van der Waals surface area contributed by atoms with Gasteiger partial charge in [-0.15, -0.1) is 0 Å². The first-order valence-electron chi connectivity index (χ1n) is 11.9. The molecule has 3 rings (SSSR count). The highest BCUT2D eigenvalue weighted by molar-refractivity contribution is 6.03. The fourth-order valence-corrected chi connectivity index (χ4v) is 3.62. The van der Waals surface area contributed by atoms with Crippen LogP contribution in [0, 0.1) is 5.92 Å². The molecule has 0 unspecified atom stereocenters. The number of alkyl halides is 3. The summed E-state index contributed by atoms with van der Waals surface area (Å²) in [4.78, 5) is 36.0. The number of aryl methyl sites for hydroxylation is 1. The molecule has 4 N–H and O–H groups in total. The van der Waals surface area contributed by atoms with E-state index < -0.39 is 18.2 Å². The normalized spacial score (nSPS) is 14.5. The third kappa shape index (κ3) is 9.38. The number of nitrogens with one attached hydrogen (secondary N) is 1. The molecule has 37 heavy (non-hydrogen) atoms. The van der Waals surface area contributed by atoms with Crippen LogP contribution in [0.4, 0.5) is 18.9 Å². The highest BCUT2D eigenvalue weighted by Gasteiger charge is 2.38. The van der Waals surface area contributed by atoms with Crippen molar-refractivity contribution in [3.8, 4) is 0 Å². The van der Waals surface area contributed by atoms with Crippen molar-refractivity contribution < 1.29 is 32.7 Å². The number of carboxylic acid groups (broad SMARTS) is 1. The van der Waals surface area contributed by atoms with E-state index in [2.05, 4.69) is 23.5 Å². The summed E-state index contributed by atoms with van der Waals surface area (Å²) in [7, 11) is 0. The van der Waals surface area contributed by atoms with Crippen molar-refractivity contribution in [3.05, 3.63) is 77.9 Å². The second-order valence-electron chi connectivity index (χ2n) is 8.94. The van der Waals surface area contributed by atoms with Gasteiger partial charge in [-0.3, -0.25) is 9.59 Å². The highest BCUT2D eigenvalue weighted by Crippen LogP contribution is 2.27. The van der Waals surface area contributed by atoms with E-state index in [9.17, 15) is 22.8 Å². The van der Waals surface area contributed by atoms with Gasteiger partial charge in [0.1, 0.15) is 0 Å². The quantitative estimate of drug-likeness (QED) is 0.459. The van der Waals surface area contributed by atoms with E-state index in [4.69, 9.17) is 15.6 Å². The van der Waals surface area contributed by atoms with Gasteiger partial charge in [0.2, 0.25) is 5.91 Å². The number of carbonyl (C=O) groups excluding carboxylic acids is 2. The molecule has 0 aliphatic carbocycles. The number of aliphatic carboxylic acids is 1. The number of fused-ring (bicyclic) bond motifs is 1. The molecule has 0 fully saturated rings. The van der Waals surface area contributed by atoms with Crippen LogP contribution < -0.4 is 16.0 Å². The largest absolute Gasteiger partial charge is 0.490 e. The highest BCUT2D eigenvalue weighted by atomic mass is 19.4. The fraction of sp³-hybridized carbons (Fsp3) is 0.370. The Morgan fingerprint density at radius 1 is 1.08 bits per heavy atom. The van der Waals surface area contributed by atoms with E-state index in [0.29, 0.717) is 13.0 Å². The number of amides is 2. The monoisotopic (exact) mass is 519 g/mol. The number of rotatable bonds is 8. The van der Waals surface area contributed by atoms with Gasteiger partial charge in [-0.25, -0.2) is 4.79 Å². The van der Waals surface area contributed by atoms with Crippen LogP contribution in [0.5, 0.6) is 0 Å². The third-order valence-electron chi connectivity index (χ3n) is 5.80. The molecule has 0 saturated heterocycles. The lowest BCUT2D eigenvalue weighted by molar-refractivity contribution is -0.192. The van der Waals surface area contributed by atoms with E-state index in [1.54, 1.807) is 17.1 Å². The number of hydrogen-bond donors (Lipinski definition) is 3. The molecule has 0 spiro atoms. The van der Waals surface area contributed by atoms with E-state index in [-0.39, 0.29) is 23.8 Å². The predicted octanol–water partition coefficient (Wildman–Crippen LogP) is 3.87. The van der Waals surface area contributed by atoms with E-state index >= 15 is 0 Å². The minimum atomic E-state index is -5.08. The van der Waals surface area contributed by atoms with Gasteiger partial charge in [-0.2, -0.15) is 13.2 Å². The van der Waals surface area contributed by atoms with Crippen molar-refractivity contribution in [1.29, 1.82) is 0 Å². The van der Waals surface area contributed by atoms with Crippen molar-refractivity contribution in [1.82, 2.24) is 5.32 Å². The number of para-hydroxylation sites is 1. The van der Waals surface area contributed by atoms with Crippen LogP contribution in [0.2, 0.25) is 0 Å². The molecule has 0 aromatic heterocycles. The Labute approximate surface area is 214 Å². The third-order valence-corrected chi connectivity index (χ3v) is 5.80. The van der Waals surface area contributed by atoms with Crippen LogP contribution in [-0.2, 0) is 27.2 Å². The minimum absolute atomic E-state index is 0.0477. The molecule has 1 aliphatic rings. The molecule has 0 bridgehead atoms. The number of anilines is 1. The van der Waals surface area contributed by atoms with Crippen molar-refractivity contribution in [2.75, 3.05) is 11.4 Å². The molecule has 200 valence electrons. The van der Waals surface area contributed by atoms with Gasteiger partial charge in [-0.1, -0.05) is 68.5 Å². The second-order valence-corrected chi connectivity index (χ2v) is 8.94. The van der Waals surface area contributed by atoms with Crippen molar-refractivity contribution in [2.24, 2.45) is 11.7 Å². The Hall–Kier alpha value is -3.66. The summed E-state index contributed by atoms with van der Waals surface area (Å²) in [6.45, 7) is 4.53. The zero-order valence-electron chi connectivity index (χ0n) is 20.7. The first kappa shape index (κ1) is 29.6. The summed E-state index contributed by atoms with van der Waals surface area (Å²) in [6, 6.07) is 17.3. The number of nitrogens with zero attached hydrogens (tertiary/aromatic N) is 1. The molecule has 1 heterocycles. The van der Waals surface area contributed by atoms with Crippen molar-refractivity contribution >= 4 is 23.5 Å². The summed E-state index contributed by atoms with van der Waals surface area (Å²) in [5.74, 6) is -2.96. The zero-order valence-corrected chi connectivity index (χ0v) is 20.7. The van der Waals surface area contributed by atoms with Crippen LogP contribution >= 0.6 is 0 Å². The molecule has 0 radical (unpaired) electrons. The Bertz CT molecular complexity index is 1090. The Morgan fingerprint density at radius 3 is 2.27 bits per heavy atom. The van der Waals surface area contributed by atoms with Gasteiger partial charge in [-0.05, 0) is 42.4 Å². The van der Waals surface area contributed by atoms with E-state index in [1.807, 2.05) is 50.2 Å². The lowest BCUT2D eigenvalue weighted by atomic mass is 10.0. The lowest BCUT2D eigenvalue weighted by Gasteiger charge is -2.21. The number of halogens is 3. The molecule has 7 nitrogen and oxygen atoms in total. The molecule has 2 amide bonds. The van der Waals surface area contributed by atoms with Gasteiger partial charge in [0, 0.05) is 24.4 Å². The van der Waals surface area contributed by atoms with E-state index in [0.717, 1.165) is 18.5 Å². The molecule has 2 aromatic carbocycles. The van der Waals surface area contributed by atoms with Crippen LogP contribution in [0.15, 0.2) is 66.7 Å². The molecule has 2 atom stereocenters. The van der Waals surface area contributed by atoms with Gasteiger partial charge < -0.3 is 21.1 Å².